The van der Waals surface area contributed by atoms with Crippen molar-refractivity contribution in [2.45, 2.75) is 25.5 Å². The van der Waals surface area contributed by atoms with Crippen molar-refractivity contribution in [1.29, 1.82) is 0 Å². The third kappa shape index (κ3) is 2.05. The molecule has 6 nitrogen and oxygen atoms in total. The third-order valence-electron chi connectivity index (χ3n) is 2.24. The summed E-state index contributed by atoms with van der Waals surface area (Å²) in [7, 11) is -3.53. The number of carbonyl (C=O) groups is 1. The first-order valence-electron chi connectivity index (χ1n) is 4.29. The molecule has 1 aliphatic rings. The van der Waals surface area contributed by atoms with Gasteiger partial charge in [0, 0.05) is 13.0 Å². The van der Waals surface area contributed by atoms with E-state index in [0.717, 1.165) is 4.31 Å². The highest BCUT2D eigenvalue weighted by atomic mass is 32.2. The van der Waals surface area contributed by atoms with E-state index in [4.69, 9.17) is 5.11 Å². The Morgan fingerprint density at radius 1 is 1.57 bits per heavy atom. The van der Waals surface area contributed by atoms with Gasteiger partial charge in [-0.1, -0.05) is 0 Å². The van der Waals surface area contributed by atoms with Gasteiger partial charge in [-0.25, -0.2) is 8.42 Å². The Labute approximate surface area is 82.2 Å². The molecule has 14 heavy (non-hydrogen) atoms. The van der Waals surface area contributed by atoms with E-state index in [1.54, 1.807) is 0 Å². The maximum absolute atomic E-state index is 11.4. The summed E-state index contributed by atoms with van der Waals surface area (Å²) < 4.78 is 23.7. The largest absolute Gasteiger partial charge is 0.480 e. The van der Waals surface area contributed by atoms with Gasteiger partial charge < -0.3 is 10.2 Å². The number of sulfonamides is 1. The van der Waals surface area contributed by atoms with E-state index < -0.39 is 28.1 Å². The average molecular weight is 223 g/mol. The Morgan fingerprint density at radius 3 is 2.57 bits per heavy atom. The molecule has 0 amide bonds. The maximum atomic E-state index is 11.4. The van der Waals surface area contributed by atoms with Gasteiger partial charge in [-0.05, 0) is 6.92 Å². The van der Waals surface area contributed by atoms with E-state index in [2.05, 4.69) is 0 Å². The number of aliphatic hydroxyl groups is 1. The molecule has 1 rings (SSSR count). The van der Waals surface area contributed by atoms with Gasteiger partial charge in [0.05, 0.1) is 11.9 Å². The minimum absolute atomic E-state index is 0.0332. The molecule has 1 aliphatic heterocycles. The zero-order chi connectivity index (χ0) is 10.9. The Kier molecular flexibility index (Phi) is 3.13. The highest BCUT2D eigenvalue weighted by Gasteiger charge is 2.41. The second-order valence-corrected chi connectivity index (χ2v) is 5.42. The SMILES string of the molecule is CCS(=O)(=O)N1CC(O)CC1C(=O)O. The lowest BCUT2D eigenvalue weighted by Gasteiger charge is -2.19. The lowest BCUT2D eigenvalue weighted by molar-refractivity contribution is -0.140. The van der Waals surface area contributed by atoms with Crippen molar-refractivity contribution >= 4 is 16.0 Å². The zero-order valence-corrected chi connectivity index (χ0v) is 8.57. The minimum Gasteiger partial charge on any atom is -0.480 e. The summed E-state index contributed by atoms with van der Waals surface area (Å²) in [5, 5.41) is 18.0. The summed E-state index contributed by atoms with van der Waals surface area (Å²) in [6, 6.07) is -1.12. The lowest BCUT2D eigenvalue weighted by Crippen LogP contribution is -2.41. The fraction of sp³-hybridized carbons (Fsp3) is 0.857. The van der Waals surface area contributed by atoms with Crippen molar-refractivity contribution in [1.82, 2.24) is 4.31 Å². The van der Waals surface area contributed by atoms with Crippen LogP contribution in [0.4, 0.5) is 0 Å². The summed E-state index contributed by atoms with van der Waals surface area (Å²) in [4.78, 5) is 10.7. The van der Waals surface area contributed by atoms with Crippen LogP contribution in [-0.2, 0) is 14.8 Å². The highest BCUT2D eigenvalue weighted by Crippen LogP contribution is 2.21. The van der Waals surface area contributed by atoms with Crippen molar-refractivity contribution in [2.75, 3.05) is 12.3 Å². The van der Waals surface area contributed by atoms with Crippen LogP contribution >= 0.6 is 0 Å². The summed E-state index contributed by atoms with van der Waals surface area (Å²) >= 11 is 0. The van der Waals surface area contributed by atoms with E-state index in [1.165, 1.54) is 6.92 Å². The molecule has 1 fully saturated rings. The first-order chi connectivity index (χ1) is 6.38. The molecule has 2 atom stereocenters. The normalized spacial score (nSPS) is 29.3. The molecule has 82 valence electrons. The molecule has 0 saturated carbocycles. The Balaban J connectivity index is 2.93. The average Bonchev–Trinajstić information content (AvgIpc) is 2.48. The molecule has 0 aromatic heterocycles. The van der Waals surface area contributed by atoms with Crippen molar-refractivity contribution in [2.24, 2.45) is 0 Å². The molecule has 0 aromatic carbocycles. The number of nitrogens with zero attached hydrogens (tertiary/aromatic N) is 1. The number of hydrogen-bond acceptors (Lipinski definition) is 4. The van der Waals surface area contributed by atoms with Crippen LogP contribution in [0.15, 0.2) is 0 Å². The summed E-state index contributed by atoms with van der Waals surface area (Å²) in [5.41, 5.74) is 0. The molecule has 0 bridgehead atoms. The van der Waals surface area contributed by atoms with Gasteiger partial charge >= 0.3 is 5.97 Å². The van der Waals surface area contributed by atoms with Crippen molar-refractivity contribution in [3.05, 3.63) is 0 Å². The number of β-amino-alcohol motifs (C(OH)–C–C–N with tert-alkyl or cyclic N) is 1. The van der Waals surface area contributed by atoms with Gasteiger partial charge in [-0.3, -0.25) is 4.79 Å². The van der Waals surface area contributed by atoms with Crippen molar-refractivity contribution in [3.8, 4) is 0 Å². The molecule has 1 saturated heterocycles. The van der Waals surface area contributed by atoms with Crippen LogP contribution in [0.5, 0.6) is 0 Å². The second-order valence-electron chi connectivity index (χ2n) is 3.21. The number of hydrogen-bond donors (Lipinski definition) is 2. The van der Waals surface area contributed by atoms with E-state index in [1.807, 2.05) is 0 Å². The highest BCUT2D eigenvalue weighted by molar-refractivity contribution is 7.89. The molecule has 0 aliphatic carbocycles. The predicted octanol–water partition coefficient (Wildman–Crippen LogP) is -1.14. The summed E-state index contributed by atoms with van der Waals surface area (Å²) in [6.45, 7) is 1.33. The Bertz CT molecular complexity index is 325. The van der Waals surface area contributed by atoms with E-state index >= 15 is 0 Å². The van der Waals surface area contributed by atoms with Crippen LogP contribution in [0.2, 0.25) is 0 Å². The van der Waals surface area contributed by atoms with Gasteiger partial charge in [-0.15, -0.1) is 0 Å². The van der Waals surface area contributed by atoms with Gasteiger partial charge in [0.1, 0.15) is 6.04 Å². The smallest absolute Gasteiger partial charge is 0.322 e. The van der Waals surface area contributed by atoms with Crippen molar-refractivity contribution < 1.29 is 23.4 Å². The van der Waals surface area contributed by atoms with Gasteiger partial charge in [0.2, 0.25) is 10.0 Å². The summed E-state index contributed by atoms with van der Waals surface area (Å²) in [5.74, 6) is -1.36. The van der Waals surface area contributed by atoms with E-state index in [9.17, 15) is 18.3 Å². The molecule has 2 unspecified atom stereocenters. The molecular formula is C7H13NO5S. The number of carboxylic acid groups (broad SMARTS) is 1. The summed E-state index contributed by atoms with van der Waals surface area (Å²) in [6.07, 6.45) is -0.911. The number of carboxylic acids is 1. The predicted molar refractivity (Wildman–Crippen MR) is 48.2 cm³/mol. The first kappa shape index (κ1) is 11.4. The molecule has 7 heteroatoms. The standard InChI is InChI=1S/C7H13NO5S/c1-2-14(12,13)8-4-5(9)3-6(8)7(10)11/h5-6,9H,2-4H2,1H3,(H,10,11). The van der Waals surface area contributed by atoms with E-state index in [0.29, 0.717) is 0 Å². The van der Waals surface area contributed by atoms with Crippen LogP contribution in [-0.4, -0.2) is 53.3 Å². The zero-order valence-electron chi connectivity index (χ0n) is 7.75. The van der Waals surface area contributed by atoms with E-state index in [-0.39, 0.29) is 18.7 Å². The monoisotopic (exact) mass is 223 g/mol. The van der Waals surface area contributed by atoms with Gasteiger partial charge in [0.25, 0.3) is 0 Å². The maximum Gasteiger partial charge on any atom is 0.322 e. The van der Waals surface area contributed by atoms with Crippen molar-refractivity contribution in [3.63, 3.8) is 0 Å². The molecule has 1 heterocycles. The van der Waals surface area contributed by atoms with Crippen LogP contribution in [0.25, 0.3) is 0 Å². The second kappa shape index (κ2) is 3.84. The molecule has 0 aromatic rings. The minimum atomic E-state index is -3.53. The topological polar surface area (TPSA) is 94.9 Å². The lowest BCUT2D eigenvalue weighted by atomic mass is 10.2. The van der Waals surface area contributed by atoms with Gasteiger partial charge in [-0.2, -0.15) is 4.31 Å². The third-order valence-corrected chi connectivity index (χ3v) is 4.09. The fourth-order valence-corrected chi connectivity index (χ4v) is 2.78. The van der Waals surface area contributed by atoms with Gasteiger partial charge in [0.15, 0.2) is 0 Å². The molecule has 0 radical (unpaired) electrons. The number of aliphatic carboxylic acids is 1. The van der Waals surface area contributed by atoms with Crippen LogP contribution in [0, 0.1) is 0 Å². The Hall–Kier alpha value is -0.660. The fourth-order valence-electron chi connectivity index (χ4n) is 1.48. The Morgan fingerprint density at radius 2 is 2.14 bits per heavy atom. The number of rotatable bonds is 3. The number of aliphatic hydroxyl groups excluding tert-OH is 1. The van der Waals surface area contributed by atoms with Crippen LogP contribution in [0.1, 0.15) is 13.3 Å². The quantitative estimate of drug-likeness (QED) is 0.630. The van der Waals surface area contributed by atoms with Crippen LogP contribution < -0.4 is 0 Å². The molecular weight excluding hydrogens is 210 g/mol. The van der Waals surface area contributed by atoms with Crippen LogP contribution in [0.3, 0.4) is 0 Å². The molecule has 0 spiro atoms. The molecule has 2 N–H and O–H groups in total. The first-order valence-corrected chi connectivity index (χ1v) is 5.89.